The van der Waals surface area contributed by atoms with Gasteiger partial charge in [0, 0.05) is 6.04 Å². The first-order valence-electron chi connectivity index (χ1n) is 5.29. The molecule has 0 aromatic heterocycles. The Bertz CT molecular complexity index is 431. The van der Waals surface area contributed by atoms with E-state index in [0.29, 0.717) is 12.0 Å². The van der Waals surface area contributed by atoms with Crippen LogP contribution in [0.3, 0.4) is 0 Å². The molecule has 2 rings (SSSR count). The Labute approximate surface area is 93.4 Å². The molecule has 1 aliphatic rings. The van der Waals surface area contributed by atoms with Crippen LogP contribution < -0.4 is 5.73 Å². The third-order valence-electron chi connectivity index (χ3n) is 2.99. The summed E-state index contributed by atoms with van der Waals surface area (Å²) in [5.74, 6) is -0.882. The molecule has 3 nitrogen and oxygen atoms in total. The van der Waals surface area contributed by atoms with Gasteiger partial charge in [0.25, 0.3) is 0 Å². The molecule has 0 saturated heterocycles. The average molecular weight is 223 g/mol. The third-order valence-corrected chi connectivity index (χ3v) is 2.99. The second-order valence-corrected chi connectivity index (χ2v) is 4.02. The van der Waals surface area contributed by atoms with E-state index >= 15 is 0 Å². The molecule has 0 amide bonds. The largest absolute Gasteiger partial charge is 0.465 e. The highest BCUT2D eigenvalue weighted by Gasteiger charge is 2.22. The second-order valence-electron chi connectivity index (χ2n) is 4.02. The van der Waals surface area contributed by atoms with Gasteiger partial charge in [0.05, 0.1) is 12.7 Å². The van der Waals surface area contributed by atoms with Crippen LogP contribution in [-0.2, 0) is 11.2 Å². The fourth-order valence-corrected chi connectivity index (χ4v) is 2.14. The number of ether oxygens (including phenoxy) is 1. The minimum Gasteiger partial charge on any atom is -0.465 e. The van der Waals surface area contributed by atoms with Crippen LogP contribution in [0.5, 0.6) is 0 Å². The van der Waals surface area contributed by atoms with E-state index in [1.165, 1.54) is 13.2 Å². The molecule has 0 fully saturated rings. The minimum atomic E-state index is -0.528. The molecular weight excluding hydrogens is 209 g/mol. The van der Waals surface area contributed by atoms with Crippen LogP contribution in [0.2, 0.25) is 0 Å². The van der Waals surface area contributed by atoms with E-state index < -0.39 is 5.97 Å². The summed E-state index contributed by atoms with van der Waals surface area (Å²) in [6.07, 6.45) is 2.41. The molecule has 0 radical (unpaired) electrons. The SMILES string of the molecule is COC(=O)c1cc(F)c2c(c1)C(N)CCC2. The summed E-state index contributed by atoms with van der Waals surface area (Å²) in [6.45, 7) is 0. The second kappa shape index (κ2) is 4.22. The Morgan fingerprint density at radius 3 is 3.00 bits per heavy atom. The van der Waals surface area contributed by atoms with E-state index in [9.17, 15) is 9.18 Å². The first-order chi connectivity index (χ1) is 7.63. The predicted molar refractivity (Wildman–Crippen MR) is 57.6 cm³/mol. The molecule has 2 N–H and O–H groups in total. The Balaban J connectivity index is 2.50. The summed E-state index contributed by atoms with van der Waals surface area (Å²) in [7, 11) is 1.28. The highest BCUT2D eigenvalue weighted by molar-refractivity contribution is 5.89. The number of halogens is 1. The van der Waals surface area contributed by atoms with Crippen molar-refractivity contribution in [1.82, 2.24) is 0 Å². The van der Waals surface area contributed by atoms with Gasteiger partial charge in [0.1, 0.15) is 5.82 Å². The molecule has 1 atom stereocenters. The monoisotopic (exact) mass is 223 g/mol. The number of hydrogen-bond donors (Lipinski definition) is 1. The number of fused-ring (bicyclic) bond motifs is 1. The standard InChI is InChI=1S/C12H14FNO2/c1-16-12(15)7-5-9-8(10(13)6-7)3-2-4-11(9)14/h5-6,11H,2-4,14H2,1H3. The zero-order valence-electron chi connectivity index (χ0n) is 9.13. The zero-order chi connectivity index (χ0) is 11.7. The van der Waals surface area contributed by atoms with Crippen molar-refractivity contribution in [2.45, 2.75) is 25.3 Å². The number of methoxy groups -OCH3 is 1. The van der Waals surface area contributed by atoms with Crippen LogP contribution in [0, 0.1) is 5.82 Å². The van der Waals surface area contributed by atoms with E-state index in [1.807, 2.05) is 0 Å². The van der Waals surface area contributed by atoms with Gasteiger partial charge in [-0.1, -0.05) is 0 Å². The van der Waals surface area contributed by atoms with Crippen LogP contribution in [-0.4, -0.2) is 13.1 Å². The van der Waals surface area contributed by atoms with Crippen molar-refractivity contribution < 1.29 is 13.9 Å². The van der Waals surface area contributed by atoms with Gasteiger partial charge in [-0.15, -0.1) is 0 Å². The molecule has 16 heavy (non-hydrogen) atoms. The highest BCUT2D eigenvalue weighted by atomic mass is 19.1. The van der Waals surface area contributed by atoms with Crippen LogP contribution in [0.1, 0.15) is 40.4 Å². The maximum absolute atomic E-state index is 13.7. The fourth-order valence-electron chi connectivity index (χ4n) is 2.14. The van der Waals surface area contributed by atoms with E-state index in [2.05, 4.69) is 4.74 Å². The zero-order valence-corrected chi connectivity index (χ0v) is 9.13. The first-order valence-corrected chi connectivity index (χ1v) is 5.29. The molecular formula is C12H14FNO2. The van der Waals surface area contributed by atoms with Gasteiger partial charge in [-0.2, -0.15) is 0 Å². The van der Waals surface area contributed by atoms with Crippen molar-refractivity contribution in [3.05, 3.63) is 34.6 Å². The van der Waals surface area contributed by atoms with Crippen molar-refractivity contribution in [1.29, 1.82) is 0 Å². The molecule has 1 unspecified atom stereocenters. The van der Waals surface area contributed by atoms with Gasteiger partial charge in [-0.3, -0.25) is 0 Å². The van der Waals surface area contributed by atoms with Gasteiger partial charge < -0.3 is 10.5 Å². The molecule has 0 saturated carbocycles. The van der Waals surface area contributed by atoms with Gasteiger partial charge >= 0.3 is 5.97 Å². The summed E-state index contributed by atoms with van der Waals surface area (Å²) in [5, 5.41) is 0. The number of nitrogens with two attached hydrogens (primary N) is 1. The number of esters is 1. The molecule has 0 heterocycles. The molecule has 86 valence electrons. The van der Waals surface area contributed by atoms with Crippen molar-refractivity contribution in [3.8, 4) is 0 Å². The van der Waals surface area contributed by atoms with Crippen LogP contribution in [0.4, 0.5) is 4.39 Å². The van der Waals surface area contributed by atoms with Gasteiger partial charge in [0.2, 0.25) is 0 Å². The predicted octanol–water partition coefficient (Wildman–Crippen LogP) is 1.95. The number of rotatable bonds is 1. The van der Waals surface area contributed by atoms with Gasteiger partial charge in [0.15, 0.2) is 0 Å². The number of carbonyl (C=O) groups is 1. The van der Waals surface area contributed by atoms with Crippen LogP contribution in [0.15, 0.2) is 12.1 Å². The number of hydrogen-bond acceptors (Lipinski definition) is 3. The molecule has 0 spiro atoms. The molecule has 0 aliphatic heterocycles. The van der Waals surface area contributed by atoms with E-state index in [1.54, 1.807) is 6.07 Å². The summed E-state index contributed by atoms with van der Waals surface area (Å²) in [4.78, 5) is 11.3. The van der Waals surface area contributed by atoms with E-state index in [-0.39, 0.29) is 17.4 Å². The maximum atomic E-state index is 13.7. The summed E-state index contributed by atoms with van der Waals surface area (Å²) >= 11 is 0. The lowest BCUT2D eigenvalue weighted by Gasteiger charge is -2.23. The van der Waals surface area contributed by atoms with E-state index in [4.69, 9.17) is 5.73 Å². The number of benzene rings is 1. The first kappa shape index (κ1) is 11.1. The van der Waals surface area contributed by atoms with Crippen molar-refractivity contribution >= 4 is 5.97 Å². The summed E-state index contributed by atoms with van der Waals surface area (Å²) in [5.41, 5.74) is 7.53. The molecule has 0 bridgehead atoms. The highest BCUT2D eigenvalue weighted by Crippen LogP contribution is 2.30. The Morgan fingerprint density at radius 2 is 2.31 bits per heavy atom. The molecule has 4 heteroatoms. The Morgan fingerprint density at radius 1 is 1.56 bits per heavy atom. The van der Waals surface area contributed by atoms with Crippen LogP contribution in [0.25, 0.3) is 0 Å². The van der Waals surface area contributed by atoms with Gasteiger partial charge in [-0.05, 0) is 42.5 Å². The normalized spacial score (nSPS) is 19.1. The average Bonchev–Trinajstić information content (AvgIpc) is 2.29. The van der Waals surface area contributed by atoms with Crippen molar-refractivity contribution in [2.75, 3.05) is 7.11 Å². The molecule has 1 aromatic carbocycles. The third kappa shape index (κ3) is 1.80. The quantitative estimate of drug-likeness (QED) is 0.740. The lowest BCUT2D eigenvalue weighted by atomic mass is 9.86. The maximum Gasteiger partial charge on any atom is 0.337 e. The lowest BCUT2D eigenvalue weighted by Crippen LogP contribution is -2.19. The van der Waals surface area contributed by atoms with Crippen molar-refractivity contribution in [2.24, 2.45) is 5.73 Å². The molecule has 1 aromatic rings. The van der Waals surface area contributed by atoms with E-state index in [0.717, 1.165) is 18.4 Å². The van der Waals surface area contributed by atoms with Gasteiger partial charge in [-0.25, -0.2) is 9.18 Å². The summed E-state index contributed by atoms with van der Waals surface area (Å²) < 4.78 is 18.3. The minimum absolute atomic E-state index is 0.178. The van der Waals surface area contributed by atoms with Crippen molar-refractivity contribution in [3.63, 3.8) is 0 Å². The topological polar surface area (TPSA) is 52.3 Å². The molecule has 1 aliphatic carbocycles. The lowest BCUT2D eigenvalue weighted by molar-refractivity contribution is 0.0600. The Hall–Kier alpha value is -1.42. The summed E-state index contributed by atoms with van der Waals surface area (Å²) in [6, 6.07) is 2.69. The smallest absolute Gasteiger partial charge is 0.337 e. The Kier molecular flexibility index (Phi) is 2.92. The van der Waals surface area contributed by atoms with Crippen LogP contribution >= 0.6 is 0 Å². The number of carbonyl (C=O) groups excluding carboxylic acids is 1. The fraction of sp³-hybridized carbons (Fsp3) is 0.417.